The predicted molar refractivity (Wildman–Crippen MR) is 106 cm³/mol. The van der Waals surface area contributed by atoms with E-state index < -0.39 is 0 Å². The minimum absolute atomic E-state index is 0.0374. The average molecular weight is 372 g/mol. The Labute approximate surface area is 161 Å². The monoisotopic (exact) mass is 372 g/mol. The van der Waals surface area contributed by atoms with Crippen molar-refractivity contribution in [2.75, 3.05) is 13.1 Å². The standard InChI is InChI=1S/C21H20N6O/c28-21(15-8-9-18-19(11-15)24-26-23-18)27-10-4-7-16(13-27)20-17(12-22-25-20)14-5-2-1-3-6-14/h1-3,5-6,8-9,11-12,16H,4,7,10,13H2,(H,22,25)(H,23,24,26). The van der Waals surface area contributed by atoms with Gasteiger partial charge in [-0.1, -0.05) is 30.3 Å². The molecule has 2 N–H and O–H groups in total. The van der Waals surface area contributed by atoms with Crippen LogP contribution in [0.2, 0.25) is 0 Å². The fourth-order valence-electron chi connectivity index (χ4n) is 4.01. The third kappa shape index (κ3) is 2.94. The molecule has 1 fully saturated rings. The number of nitrogens with zero attached hydrogens (tertiary/aromatic N) is 4. The van der Waals surface area contributed by atoms with Crippen LogP contribution in [0.25, 0.3) is 22.2 Å². The highest BCUT2D eigenvalue weighted by molar-refractivity contribution is 5.97. The molecule has 5 rings (SSSR count). The molecule has 1 aliphatic heterocycles. The molecule has 0 spiro atoms. The number of carbonyl (C=O) groups is 1. The Bertz CT molecular complexity index is 1120. The van der Waals surface area contributed by atoms with E-state index in [-0.39, 0.29) is 11.8 Å². The zero-order chi connectivity index (χ0) is 18.9. The summed E-state index contributed by atoms with van der Waals surface area (Å²) in [6.45, 7) is 1.44. The third-order valence-electron chi connectivity index (χ3n) is 5.43. The maximum absolute atomic E-state index is 13.1. The van der Waals surface area contributed by atoms with Crippen LogP contribution in [-0.2, 0) is 0 Å². The van der Waals surface area contributed by atoms with Crippen molar-refractivity contribution in [3.63, 3.8) is 0 Å². The normalized spacial score (nSPS) is 17.1. The van der Waals surface area contributed by atoms with Crippen LogP contribution in [0.5, 0.6) is 0 Å². The number of hydrogen-bond acceptors (Lipinski definition) is 4. The van der Waals surface area contributed by atoms with Crippen molar-refractivity contribution < 1.29 is 4.79 Å². The van der Waals surface area contributed by atoms with Crippen molar-refractivity contribution in [3.05, 3.63) is 66.0 Å². The summed E-state index contributed by atoms with van der Waals surface area (Å²) in [5.41, 5.74) is 5.48. The van der Waals surface area contributed by atoms with Crippen molar-refractivity contribution in [1.82, 2.24) is 30.5 Å². The maximum atomic E-state index is 13.1. The molecule has 1 atom stereocenters. The molecule has 1 aliphatic rings. The van der Waals surface area contributed by atoms with Gasteiger partial charge in [0.1, 0.15) is 11.0 Å². The summed E-state index contributed by atoms with van der Waals surface area (Å²) in [6, 6.07) is 15.7. The van der Waals surface area contributed by atoms with E-state index in [1.165, 1.54) is 0 Å². The van der Waals surface area contributed by atoms with E-state index in [1.54, 1.807) is 6.07 Å². The molecule has 7 nitrogen and oxygen atoms in total. The number of benzene rings is 2. The summed E-state index contributed by atoms with van der Waals surface area (Å²) < 4.78 is 0. The SMILES string of the molecule is O=C(c1ccc2n[nH]nc2c1)N1CCCC(c2[nH]ncc2-c2ccccc2)C1. The molecular formula is C21H20N6O. The van der Waals surface area contributed by atoms with Gasteiger partial charge in [-0.3, -0.25) is 9.89 Å². The van der Waals surface area contributed by atoms with Gasteiger partial charge >= 0.3 is 0 Å². The van der Waals surface area contributed by atoms with E-state index in [1.807, 2.05) is 41.4 Å². The number of amides is 1. The van der Waals surface area contributed by atoms with Crippen molar-refractivity contribution in [2.24, 2.45) is 0 Å². The number of fused-ring (bicyclic) bond motifs is 1. The lowest BCUT2D eigenvalue weighted by atomic mass is 9.90. The summed E-state index contributed by atoms with van der Waals surface area (Å²) in [5, 5.41) is 18.2. The molecular weight excluding hydrogens is 352 g/mol. The van der Waals surface area contributed by atoms with Crippen LogP contribution in [0.3, 0.4) is 0 Å². The molecule has 0 saturated carbocycles. The number of aromatic amines is 2. The Hall–Kier alpha value is -3.48. The lowest BCUT2D eigenvalue weighted by Gasteiger charge is -2.32. The predicted octanol–water partition coefficient (Wildman–Crippen LogP) is 3.37. The Kier molecular flexibility index (Phi) is 4.12. The van der Waals surface area contributed by atoms with Crippen molar-refractivity contribution >= 4 is 16.9 Å². The first-order chi connectivity index (χ1) is 13.8. The van der Waals surface area contributed by atoms with E-state index >= 15 is 0 Å². The summed E-state index contributed by atoms with van der Waals surface area (Å²) >= 11 is 0. The van der Waals surface area contributed by atoms with Crippen LogP contribution in [-0.4, -0.2) is 49.5 Å². The van der Waals surface area contributed by atoms with Gasteiger partial charge in [0.2, 0.25) is 0 Å². The minimum atomic E-state index is 0.0374. The van der Waals surface area contributed by atoms with Gasteiger partial charge in [-0.05, 0) is 36.6 Å². The highest BCUT2D eigenvalue weighted by Gasteiger charge is 2.28. The van der Waals surface area contributed by atoms with Crippen molar-refractivity contribution in [3.8, 4) is 11.1 Å². The number of H-pyrrole nitrogens is 2. The maximum Gasteiger partial charge on any atom is 0.253 e. The number of aromatic nitrogens is 5. The van der Waals surface area contributed by atoms with Gasteiger partial charge in [0.05, 0.1) is 6.20 Å². The van der Waals surface area contributed by atoms with Crippen molar-refractivity contribution in [2.45, 2.75) is 18.8 Å². The van der Waals surface area contributed by atoms with Gasteiger partial charge in [-0.15, -0.1) is 0 Å². The fourth-order valence-corrected chi connectivity index (χ4v) is 4.01. The fraction of sp³-hybridized carbons (Fsp3) is 0.238. The number of piperidine rings is 1. The van der Waals surface area contributed by atoms with Crippen LogP contribution in [0.1, 0.15) is 34.8 Å². The third-order valence-corrected chi connectivity index (χ3v) is 5.43. The molecule has 140 valence electrons. The highest BCUT2D eigenvalue weighted by Crippen LogP contribution is 2.33. The van der Waals surface area contributed by atoms with Crippen LogP contribution >= 0.6 is 0 Å². The van der Waals surface area contributed by atoms with Gasteiger partial charge in [0.25, 0.3) is 5.91 Å². The van der Waals surface area contributed by atoms with E-state index in [9.17, 15) is 4.79 Å². The summed E-state index contributed by atoms with van der Waals surface area (Å²) in [7, 11) is 0. The van der Waals surface area contributed by atoms with E-state index in [2.05, 4.69) is 37.7 Å². The Morgan fingerprint density at radius 3 is 2.82 bits per heavy atom. The number of hydrogen-bond donors (Lipinski definition) is 2. The largest absolute Gasteiger partial charge is 0.338 e. The van der Waals surface area contributed by atoms with Crippen LogP contribution in [0, 0.1) is 0 Å². The Morgan fingerprint density at radius 1 is 1.07 bits per heavy atom. The van der Waals surface area contributed by atoms with Gasteiger partial charge in [-0.25, -0.2) is 0 Å². The van der Waals surface area contributed by atoms with Gasteiger partial charge in [-0.2, -0.15) is 20.5 Å². The molecule has 4 aromatic rings. The minimum Gasteiger partial charge on any atom is -0.338 e. The van der Waals surface area contributed by atoms with E-state index in [0.29, 0.717) is 17.6 Å². The second-order valence-electron chi connectivity index (χ2n) is 7.18. The highest BCUT2D eigenvalue weighted by atomic mass is 16.2. The molecule has 0 bridgehead atoms. The van der Waals surface area contributed by atoms with E-state index in [4.69, 9.17) is 0 Å². The molecule has 2 aromatic heterocycles. The lowest BCUT2D eigenvalue weighted by molar-refractivity contribution is 0.0706. The zero-order valence-electron chi connectivity index (χ0n) is 15.3. The molecule has 2 aromatic carbocycles. The topological polar surface area (TPSA) is 90.6 Å². The lowest BCUT2D eigenvalue weighted by Crippen LogP contribution is -2.39. The first-order valence-electron chi connectivity index (χ1n) is 9.48. The second kappa shape index (κ2) is 6.92. The molecule has 1 amide bonds. The molecule has 7 heteroatoms. The average Bonchev–Trinajstić information content (AvgIpc) is 3.43. The van der Waals surface area contributed by atoms with E-state index in [0.717, 1.165) is 41.7 Å². The summed E-state index contributed by atoms with van der Waals surface area (Å²) in [5.74, 6) is 0.279. The number of likely N-dealkylation sites (tertiary alicyclic amines) is 1. The van der Waals surface area contributed by atoms with Crippen molar-refractivity contribution in [1.29, 1.82) is 0 Å². The number of rotatable bonds is 3. The number of carbonyl (C=O) groups excluding carboxylic acids is 1. The Morgan fingerprint density at radius 2 is 1.93 bits per heavy atom. The van der Waals surface area contributed by atoms with Gasteiger partial charge in [0.15, 0.2) is 0 Å². The number of nitrogens with one attached hydrogen (secondary N) is 2. The first kappa shape index (κ1) is 16.7. The van der Waals surface area contributed by atoms with Crippen LogP contribution in [0.4, 0.5) is 0 Å². The molecule has 1 unspecified atom stereocenters. The van der Waals surface area contributed by atoms with Crippen LogP contribution in [0.15, 0.2) is 54.7 Å². The smallest absolute Gasteiger partial charge is 0.253 e. The van der Waals surface area contributed by atoms with Crippen LogP contribution < -0.4 is 0 Å². The molecule has 0 aliphatic carbocycles. The second-order valence-corrected chi connectivity index (χ2v) is 7.18. The summed E-state index contributed by atoms with van der Waals surface area (Å²) in [4.78, 5) is 15.0. The molecule has 28 heavy (non-hydrogen) atoms. The summed E-state index contributed by atoms with van der Waals surface area (Å²) in [6.07, 6.45) is 3.88. The Balaban J connectivity index is 1.39. The first-order valence-corrected chi connectivity index (χ1v) is 9.48. The van der Waals surface area contributed by atoms with Gasteiger partial charge < -0.3 is 4.90 Å². The molecule has 1 saturated heterocycles. The quantitative estimate of drug-likeness (QED) is 0.577. The molecule has 3 heterocycles. The molecule has 0 radical (unpaired) electrons. The van der Waals surface area contributed by atoms with Gasteiger partial charge in [0, 0.05) is 35.8 Å². The zero-order valence-corrected chi connectivity index (χ0v) is 15.3.